The van der Waals surface area contributed by atoms with Gasteiger partial charge in [-0.1, -0.05) is 30.8 Å². The van der Waals surface area contributed by atoms with E-state index in [1.165, 1.54) is 21.8 Å². The lowest BCUT2D eigenvalue weighted by atomic mass is 10.1. The molecule has 140 valence electrons. The van der Waals surface area contributed by atoms with Crippen molar-refractivity contribution >= 4 is 16.7 Å². The van der Waals surface area contributed by atoms with Crippen molar-refractivity contribution in [2.24, 2.45) is 0 Å². The number of hydrogen-bond donors (Lipinski definition) is 0. The summed E-state index contributed by atoms with van der Waals surface area (Å²) in [6, 6.07) is 12.9. The van der Waals surface area contributed by atoms with E-state index >= 15 is 0 Å². The van der Waals surface area contributed by atoms with Gasteiger partial charge in [-0.15, -0.1) is 10.2 Å². The fourth-order valence-electron chi connectivity index (χ4n) is 2.35. The van der Waals surface area contributed by atoms with Gasteiger partial charge in [0.1, 0.15) is 16.8 Å². The van der Waals surface area contributed by atoms with Crippen LogP contribution in [0.25, 0.3) is 11.5 Å². The van der Waals surface area contributed by atoms with Gasteiger partial charge in [-0.3, -0.25) is 4.31 Å². The Balaban J connectivity index is 1.88. The van der Waals surface area contributed by atoms with E-state index in [0.717, 1.165) is 6.07 Å². The summed E-state index contributed by atoms with van der Waals surface area (Å²) in [5.41, 5.74) is 1.07. The van der Waals surface area contributed by atoms with Crippen LogP contribution in [0.15, 0.2) is 64.9 Å². The molecule has 9 heteroatoms. The number of benzene rings is 2. The lowest BCUT2D eigenvalue weighted by Gasteiger charge is -2.22. The molecule has 0 N–H and O–H groups in total. The van der Waals surface area contributed by atoms with Crippen LogP contribution in [0, 0.1) is 5.82 Å². The molecular weight excluding hydrogens is 379 g/mol. The van der Waals surface area contributed by atoms with Gasteiger partial charge in [0.2, 0.25) is 5.89 Å². The van der Waals surface area contributed by atoms with Crippen molar-refractivity contribution in [2.75, 3.05) is 4.31 Å². The lowest BCUT2D eigenvalue weighted by molar-refractivity contribution is 0.116. The number of alkyl halides is 2. The van der Waals surface area contributed by atoms with E-state index in [2.05, 4.69) is 16.8 Å². The molecule has 1 unspecified atom stereocenters. The first-order chi connectivity index (χ1) is 13.0. The van der Waals surface area contributed by atoms with E-state index in [0.29, 0.717) is 5.69 Å². The molecule has 5 nitrogen and oxygen atoms in total. The van der Waals surface area contributed by atoms with Crippen LogP contribution in [-0.4, -0.2) is 14.4 Å². The third-order valence-electron chi connectivity index (χ3n) is 3.65. The van der Waals surface area contributed by atoms with E-state index in [1.54, 1.807) is 24.3 Å². The summed E-state index contributed by atoms with van der Waals surface area (Å²) in [6.07, 6.45) is -2.90. The zero-order valence-corrected chi connectivity index (χ0v) is 14.7. The minimum Gasteiger partial charge on any atom is -0.415 e. The quantitative estimate of drug-likeness (QED) is 0.587. The van der Waals surface area contributed by atoms with Gasteiger partial charge in [0.05, 0.1) is 6.54 Å². The van der Waals surface area contributed by atoms with Gasteiger partial charge in [0.25, 0.3) is 5.89 Å². The van der Waals surface area contributed by atoms with E-state index in [9.17, 15) is 17.4 Å². The van der Waals surface area contributed by atoms with Crippen molar-refractivity contribution in [1.82, 2.24) is 10.2 Å². The highest BCUT2D eigenvalue weighted by atomic mass is 32.2. The number of anilines is 1. The first-order valence-electron chi connectivity index (χ1n) is 7.75. The summed E-state index contributed by atoms with van der Waals surface area (Å²) >= 11 is 0. The molecule has 0 spiro atoms. The van der Waals surface area contributed by atoms with Gasteiger partial charge in [-0.2, -0.15) is 8.78 Å². The zero-order chi connectivity index (χ0) is 19.4. The zero-order valence-electron chi connectivity index (χ0n) is 13.9. The van der Waals surface area contributed by atoms with E-state index in [4.69, 9.17) is 4.42 Å². The van der Waals surface area contributed by atoms with Crippen molar-refractivity contribution in [3.05, 3.63) is 77.8 Å². The molecule has 1 aromatic heterocycles. The number of nitrogens with zero attached hydrogens (tertiary/aromatic N) is 3. The van der Waals surface area contributed by atoms with Crippen molar-refractivity contribution in [3.63, 3.8) is 0 Å². The molecule has 0 saturated carbocycles. The maximum absolute atomic E-state index is 14.6. The predicted octanol–water partition coefficient (Wildman–Crippen LogP) is 4.63. The van der Waals surface area contributed by atoms with E-state index in [1.807, 2.05) is 6.07 Å². The first kappa shape index (κ1) is 18.8. The van der Waals surface area contributed by atoms with Crippen LogP contribution in [0.2, 0.25) is 0 Å². The number of para-hydroxylation sites is 1. The molecule has 0 aliphatic rings. The Morgan fingerprint density at radius 1 is 1.19 bits per heavy atom. The normalized spacial score (nSPS) is 12.1. The molecule has 1 atom stereocenters. The molecule has 27 heavy (non-hydrogen) atoms. The fourth-order valence-corrected chi connectivity index (χ4v) is 3.12. The summed E-state index contributed by atoms with van der Waals surface area (Å²) in [4.78, 5) is 0. The van der Waals surface area contributed by atoms with E-state index < -0.39 is 29.1 Å². The number of rotatable bonds is 7. The minimum absolute atomic E-state index is 0.0148. The standard InChI is InChI=1S/C18H14F3N3O2S/c1-2-27(25)24(14-6-4-3-5-7-14)11-13-9-8-12(10-15(13)19)17-22-23-18(26-17)16(20)21/h2-10,16H,1,11H2. The van der Waals surface area contributed by atoms with Crippen LogP contribution < -0.4 is 4.31 Å². The topological polar surface area (TPSA) is 59.2 Å². The van der Waals surface area contributed by atoms with E-state index in [-0.39, 0.29) is 23.6 Å². The van der Waals surface area contributed by atoms with Crippen LogP contribution >= 0.6 is 0 Å². The second-order valence-electron chi connectivity index (χ2n) is 5.37. The highest BCUT2D eigenvalue weighted by molar-refractivity contribution is 7.89. The third-order valence-corrected chi connectivity index (χ3v) is 4.70. The molecule has 0 fully saturated rings. The Bertz CT molecular complexity index is 963. The first-order valence-corrected chi connectivity index (χ1v) is 8.92. The Kier molecular flexibility index (Phi) is 5.70. The maximum Gasteiger partial charge on any atom is 0.314 e. The van der Waals surface area contributed by atoms with Crippen molar-refractivity contribution in [3.8, 4) is 11.5 Å². The molecular formula is C18H14F3N3O2S. The Labute approximate surface area is 155 Å². The van der Waals surface area contributed by atoms with Crippen LogP contribution in [0.5, 0.6) is 0 Å². The average molecular weight is 393 g/mol. The maximum atomic E-state index is 14.6. The monoisotopic (exact) mass is 393 g/mol. The van der Waals surface area contributed by atoms with Gasteiger partial charge in [-0.05, 0) is 24.3 Å². The summed E-state index contributed by atoms with van der Waals surface area (Å²) in [5.74, 6) is -1.65. The molecule has 2 aromatic carbocycles. The molecule has 3 rings (SSSR count). The third kappa shape index (κ3) is 4.25. The van der Waals surface area contributed by atoms with Gasteiger partial charge in [0.15, 0.2) is 0 Å². The molecule has 0 aliphatic carbocycles. The molecule has 0 radical (unpaired) electrons. The Morgan fingerprint density at radius 3 is 2.52 bits per heavy atom. The predicted molar refractivity (Wildman–Crippen MR) is 95.6 cm³/mol. The second kappa shape index (κ2) is 8.17. The Hall–Kier alpha value is -2.94. The second-order valence-corrected chi connectivity index (χ2v) is 6.69. The largest absolute Gasteiger partial charge is 0.415 e. The summed E-state index contributed by atoms with van der Waals surface area (Å²) in [7, 11) is -1.56. The minimum atomic E-state index is -2.90. The highest BCUT2D eigenvalue weighted by Gasteiger charge is 2.19. The summed E-state index contributed by atoms with van der Waals surface area (Å²) < 4.78 is 58.2. The summed E-state index contributed by atoms with van der Waals surface area (Å²) in [5, 5.41) is 7.96. The molecule has 1 heterocycles. The van der Waals surface area contributed by atoms with Crippen LogP contribution in [0.3, 0.4) is 0 Å². The Morgan fingerprint density at radius 2 is 1.93 bits per heavy atom. The van der Waals surface area contributed by atoms with Gasteiger partial charge < -0.3 is 4.42 Å². The van der Waals surface area contributed by atoms with Gasteiger partial charge >= 0.3 is 6.43 Å². The lowest BCUT2D eigenvalue weighted by Crippen LogP contribution is -2.24. The van der Waals surface area contributed by atoms with Gasteiger partial charge in [-0.25, -0.2) is 8.60 Å². The summed E-state index contributed by atoms with van der Waals surface area (Å²) in [6.45, 7) is 3.53. The molecule has 0 aliphatic heterocycles. The number of halogens is 3. The SMILES string of the molecule is C=CS(=O)N(Cc1ccc(-c2nnc(C(F)F)o2)cc1F)c1ccccc1. The van der Waals surface area contributed by atoms with Crippen molar-refractivity contribution < 1.29 is 21.8 Å². The highest BCUT2D eigenvalue weighted by Crippen LogP contribution is 2.26. The fraction of sp³-hybridized carbons (Fsp3) is 0.111. The molecule has 0 amide bonds. The van der Waals surface area contributed by atoms with Crippen molar-refractivity contribution in [2.45, 2.75) is 13.0 Å². The number of hydrogen-bond acceptors (Lipinski definition) is 4. The smallest absolute Gasteiger partial charge is 0.314 e. The van der Waals surface area contributed by atoms with Crippen LogP contribution in [0.1, 0.15) is 17.9 Å². The number of aromatic nitrogens is 2. The van der Waals surface area contributed by atoms with Crippen LogP contribution in [-0.2, 0) is 17.5 Å². The average Bonchev–Trinajstić information content (AvgIpc) is 3.17. The molecule has 0 saturated heterocycles. The van der Waals surface area contributed by atoms with Gasteiger partial charge in [0, 0.05) is 22.2 Å². The van der Waals surface area contributed by atoms with Crippen LogP contribution in [0.4, 0.5) is 18.9 Å². The molecule has 0 bridgehead atoms. The molecule has 3 aromatic rings. The van der Waals surface area contributed by atoms with Crippen molar-refractivity contribution in [1.29, 1.82) is 0 Å².